The summed E-state index contributed by atoms with van der Waals surface area (Å²) in [6.07, 6.45) is 1.99. The van der Waals surface area contributed by atoms with Crippen molar-refractivity contribution in [3.05, 3.63) is 33.1 Å². The van der Waals surface area contributed by atoms with Gasteiger partial charge in [-0.2, -0.15) is 4.39 Å². The van der Waals surface area contributed by atoms with Crippen molar-refractivity contribution in [1.29, 1.82) is 0 Å². The lowest BCUT2D eigenvalue weighted by Crippen LogP contribution is -1.94. The number of halogens is 2. The fourth-order valence-corrected chi connectivity index (χ4v) is 2.02. The predicted octanol–water partition coefficient (Wildman–Crippen LogP) is 4.21. The van der Waals surface area contributed by atoms with Crippen molar-refractivity contribution in [2.45, 2.75) is 19.8 Å². The Labute approximate surface area is 107 Å². The van der Waals surface area contributed by atoms with Crippen molar-refractivity contribution in [1.82, 2.24) is 0 Å². The fraction of sp³-hybridized carbons (Fsp3) is 0.400. The summed E-state index contributed by atoms with van der Waals surface area (Å²) in [4.78, 5) is 9.71. The van der Waals surface area contributed by atoms with E-state index in [1.54, 1.807) is 0 Å². The van der Waals surface area contributed by atoms with Crippen molar-refractivity contribution < 1.29 is 13.5 Å². The van der Waals surface area contributed by atoms with E-state index in [0.717, 1.165) is 42.8 Å². The van der Waals surface area contributed by atoms with E-state index < -0.39 is 16.4 Å². The molecule has 0 saturated heterocycles. The van der Waals surface area contributed by atoms with Gasteiger partial charge in [0.15, 0.2) is 5.75 Å². The first-order valence-corrected chi connectivity index (χ1v) is 6.28. The number of nitro groups is 1. The van der Waals surface area contributed by atoms with Gasteiger partial charge in [-0.15, -0.1) is 0 Å². The molecule has 17 heavy (non-hydrogen) atoms. The van der Waals surface area contributed by atoms with Gasteiger partial charge in [0.25, 0.3) is 0 Å². The van der Waals surface area contributed by atoms with Crippen LogP contribution in [-0.2, 0) is 0 Å². The minimum atomic E-state index is -0.967. The second kappa shape index (κ2) is 6.66. The summed E-state index contributed by atoms with van der Waals surface area (Å²) < 4.78 is 18.3. The van der Waals surface area contributed by atoms with Crippen LogP contribution in [0.5, 0.6) is 5.75 Å². The molecular weight excluding hydrogens is 269 g/mol. The molecule has 0 atom stereocenters. The number of benzene rings is 1. The summed E-state index contributed by atoms with van der Waals surface area (Å²) in [5.74, 6) is -0.107. The third-order valence-electron chi connectivity index (χ3n) is 1.93. The van der Waals surface area contributed by atoms with Gasteiger partial charge < -0.3 is 4.18 Å². The van der Waals surface area contributed by atoms with Crippen molar-refractivity contribution in [3.8, 4) is 5.75 Å². The number of nitro benzene ring substituents is 1. The van der Waals surface area contributed by atoms with Gasteiger partial charge in [-0.1, -0.05) is 24.9 Å². The first kappa shape index (κ1) is 14.1. The van der Waals surface area contributed by atoms with Crippen LogP contribution in [0.2, 0.25) is 5.02 Å². The largest absolute Gasteiger partial charge is 0.424 e. The van der Waals surface area contributed by atoms with E-state index in [0.29, 0.717) is 0 Å². The highest BCUT2D eigenvalue weighted by Crippen LogP contribution is 2.33. The topological polar surface area (TPSA) is 52.4 Å². The van der Waals surface area contributed by atoms with Crippen LogP contribution in [-0.4, -0.2) is 10.7 Å². The Bertz CT molecular complexity index is 417. The molecule has 4 nitrogen and oxygen atoms in total. The Kier molecular flexibility index (Phi) is 5.50. The van der Waals surface area contributed by atoms with E-state index >= 15 is 0 Å². The predicted molar refractivity (Wildman–Crippen MR) is 66.1 cm³/mol. The monoisotopic (exact) mass is 279 g/mol. The number of unbranched alkanes of at least 4 members (excludes halogenated alkanes) is 1. The molecule has 0 unspecified atom stereocenters. The Morgan fingerprint density at radius 2 is 2.29 bits per heavy atom. The van der Waals surface area contributed by atoms with E-state index in [2.05, 4.69) is 0 Å². The second-order valence-corrected chi connectivity index (χ2v) is 4.47. The van der Waals surface area contributed by atoms with Gasteiger partial charge in [0.1, 0.15) is 0 Å². The standard InChI is InChI=1S/C10H11ClFNO3S/c1-2-3-4-17-16-10-6-9(13(14)15)8(12)5-7(10)11/h5-6H,2-4H2,1H3. The van der Waals surface area contributed by atoms with E-state index in [9.17, 15) is 14.5 Å². The summed E-state index contributed by atoms with van der Waals surface area (Å²) in [6.45, 7) is 2.04. The van der Waals surface area contributed by atoms with Crippen molar-refractivity contribution in [2.24, 2.45) is 0 Å². The Balaban J connectivity index is 2.77. The Morgan fingerprint density at radius 1 is 1.59 bits per heavy atom. The second-order valence-electron chi connectivity index (χ2n) is 3.25. The third-order valence-corrected chi connectivity index (χ3v) is 2.98. The van der Waals surface area contributed by atoms with Crippen LogP contribution in [0.4, 0.5) is 10.1 Å². The molecular formula is C10H11ClFNO3S. The molecule has 1 rings (SSSR count). The molecule has 7 heteroatoms. The molecule has 0 saturated carbocycles. The zero-order valence-corrected chi connectivity index (χ0v) is 10.7. The fourth-order valence-electron chi connectivity index (χ4n) is 1.03. The van der Waals surface area contributed by atoms with Gasteiger partial charge in [0.2, 0.25) is 5.82 Å². The van der Waals surface area contributed by atoms with E-state index in [4.69, 9.17) is 15.8 Å². The molecule has 0 fully saturated rings. The first-order chi connectivity index (χ1) is 8.06. The molecule has 0 aliphatic heterocycles. The SMILES string of the molecule is CCCCSOc1cc([N+](=O)[O-])c(F)cc1Cl. The molecule has 0 spiro atoms. The number of hydrogen-bond donors (Lipinski definition) is 0. The molecule has 0 aliphatic carbocycles. The van der Waals surface area contributed by atoms with Crippen LogP contribution < -0.4 is 4.18 Å². The van der Waals surface area contributed by atoms with Gasteiger partial charge in [-0.05, 0) is 6.42 Å². The lowest BCUT2D eigenvalue weighted by atomic mass is 10.3. The first-order valence-electron chi connectivity index (χ1n) is 4.99. The van der Waals surface area contributed by atoms with Crippen molar-refractivity contribution in [3.63, 3.8) is 0 Å². The van der Waals surface area contributed by atoms with Crippen molar-refractivity contribution in [2.75, 3.05) is 5.75 Å². The minimum Gasteiger partial charge on any atom is -0.424 e. The zero-order chi connectivity index (χ0) is 12.8. The molecule has 0 amide bonds. The van der Waals surface area contributed by atoms with Crippen LogP contribution >= 0.6 is 23.6 Å². The molecule has 0 aromatic heterocycles. The van der Waals surface area contributed by atoms with Crippen LogP contribution in [0.1, 0.15) is 19.8 Å². The quantitative estimate of drug-likeness (QED) is 0.339. The molecule has 0 aliphatic rings. The number of hydrogen-bond acceptors (Lipinski definition) is 4. The molecule has 0 radical (unpaired) electrons. The summed E-state index contributed by atoms with van der Waals surface area (Å²) in [5, 5.41) is 10.5. The lowest BCUT2D eigenvalue weighted by molar-refractivity contribution is -0.387. The van der Waals surface area contributed by atoms with Gasteiger partial charge in [0, 0.05) is 11.8 Å². The maximum atomic E-state index is 13.1. The van der Waals surface area contributed by atoms with Crippen LogP contribution in [0.25, 0.3) is 0 Å². The van der Waals surface area contributed by atoms with Gasteiger partial charge in [-0.25, -0.2) is 0 Å². The normalized spacial score (nSPS) is 10.3. The maximum absolute atomic E-state index is 13.1. The highest BCUT2D eigenvalue weighted by atomic mass is 35.5. The highest BCUT2D eigenvalue weighted by Gasteiger charge is 2.18. The molecule has 1 aromatic carbocycles. The Hall–Kier alpha value is -1.01. The smallest absolute Gasteiger partial charge is 0.308 e. The average Bonchev–Trinajstić information content (AvgIpc) is 2.26. The van der Waals surface area contributed by atoms with Crippen LogP contribution in [0.15, 0.2) is 12.1 Å². The highest BCUT2D eigenvalue weighted by molar-refractivity contribution is 7.95. The van der Waals surface area contributed by atoms with E-state index in [1.807, 2.05) is 6.92 Å². The summed E-state index contributed by atoms with van der Waals surface area (Å²) in [5.41, 5.74) is -0.638. The number of nitrogens with zero attached hydrogens (tertiary/aromatic N) is 1. The van der Waals surface area contributed by atoms with Gasteiger partial charge in [0.05, 0.1) is 28.1 Å². The summed E-state index contributed by atoms with van der Waals surface area (Å²) >= 11 is 6.86. The lowest BCUT2D eigenvalue weighted by Gasteiger charge is -2.05. The summed E-state index contributed by atoms with van der Waals surface area (Å²) in [6, 6.07) is 1.88. The molecule has 0 heterocycles. The Morgan fingerprint density at radius 3 is 2.88 bits per heavy atom. The molecule has 94 valence electrons. The number of rotatable bonds is 6. The summed E-state index contributed by atoms with van der Waals surface area (Å²) in [7, 11) is 0. The van der Waals surface area contributed by atoms with E-state index in [-0.39, 0.29) is 10.8 Å². The maximum Gasteiger partial charge on any atom is 0.308 e. The third kappa shape index (κ3) is 4.05. The van der Waals surface area contributed by atoms with Gasteiger partial charge in [-0.3, -0.25) is 10.1 Å². The van der Waals surface area contributed by atoms with Crippen LogP contribution in [0, 0.1) is 15.9 Å². The average molecular weight is 280 g/mol. The van der Waals surface area contributed by atoms with Gasteiger partial charge >= 0.3 is 5.69 Å². The minimum absolute atomic E-state index is 0.0251. The molecule has 1 aromatic rings. The van der Waals surface area contributed by atoms with E-state index in [1.165, 1.54) is 0 Å². The molecule has 0 bridgehead atoms. The molecule has 0 N–H and O–H groups in total. The van der Waals surface area contributed by atoms with Crippen molar-refractivity contribution >= 4 is 29.3 Å². The van der Waals surface area contributed by atoms with Crippen LogP contribution in [0.3, 0.4) is 0 Å². The zero-order valence-electron chi connectivity index (χ0n) is 9.11.